The minimum Gasteiger partial charge on any atom is -0.329 e. The van der Waals surface area contributed by atoms with Gasteiger partial charge < -0.3 is 5.73 Å². The van der Waals surface area contributed by atoms with E-state index in [4.69, 9.17) is 17.3 Å². The van der Waals surface area contributed by atoms with Gasteiger partial charge >= 0.3 is 0 Å². The Morgan fingerprint density at radius 1 is 1.37 bits per heavy atom. The van der Waals surface area contributed by atoms with Gasteiger partial charge in [-0.05, 0) is 50.4 Å². The number of hydrogen-bond acceptors (Lipinski definition) is 2. The number of nitrogens with zero attached hydrogens (tertiary/aromatic N) is 1. The molecule has 0 radical (unpaired) electrons. The van der Waals surface area contributed by atoms with E-state index < -0.39 is 0 Å². The highest BCUT2D eigenvalue weighted by Crippen LogP contribution is 2.24. The van der Waals surface area contributed by atoms with Gasteiger partial charge in [-0.2, -0.15) is 0 Å². The van der Waals surface area contributed by atoms with Crippen LogP contribution in [0.3, 0.4) is 0 Å². The average molecular weight is 283 g/mol. The first-order valence-electron chi connectivity index (χ1n) is 7.03. The molecule has 1 aromatic carbocycles. The van der Waals surface area contributed by atoms with Gasteiger partial charge in [0.05, 0.1) is 0 Å². The van der Waals surface area contributed by atoms with Crippen molar-refractivity contribution in [3.63, 3.8) is 0 Å². The van der Waals surface area contributed by atoms with Crippen LogP contribution in [0.2, 0.25) is 5.02 Å². The summed E-state index contributed by atoms with van der Waals surface area (Å²) in [6.07, 6.45) is 2.33. The monoisotopic (exact) mass is 282 g/mol. The third-order valence-corrected chi connectivity index (χ3v) is 4.17. The Morgan fingerprint density at radius 2 is 2.05 bits per heavy atom. The van der Waals surface area contributed by atoms with E-state index in [1.165, 1.54) is 12.0 Å². The van der Waals surface area contributed by atoms with Gasteiger partial charge in [0.2, 0.25) is 0 Å². The SMILES string of the molecule is CC(C)CCC(C)(CN)N(C)Cc1cccc(Cl)c1. The van der Waals surface area contributed by atoms with E-state index in [-0.39, 0.29) is 5.54 Å². The van der Waals surface area contributed by atoms with Crippen molar-refractivity contribution in [2.75, 3.05) is 13.6 Å². The van der Waals surface area contributed by atoms with Crippen molar-refractivity contribution in [1.82, 2.24) is 4.90 Å². The molecule has 0 aliphatic heterocycles. The molecule has 1 unspecified atom stereocenters. The summed E-state index contributed by atoms with van der Waals surface area (Å²) in [7, 11) is 2.15. The molecule has 1 rings (SSSR count). The smallest absolute Gasteiger partial charge is 0.0409 e. The van der Waals surface area contributed by atoms with Crippen LogP contribution in [0, 0.1) is 5.92 Å². The second kappa shape index (κ2) is 7.28. The predicted octanol–water partition coefficient (Wildman–Crippen LogP) is 3.93. The second-order valence-corrected chi connectivity index (χ2v) is 6.56. The largest absolute Gasteiger partial charge is 0.329 e. The molecule has 0 heterocycles. The van der Waals surface area contributed by atoms with E-state index in [0.717, 1.165) is 18.0 Å². The number of rotatable bonds is 7. The molecule has 0 fully saturated rings. The lowest BCUT2D eigenvalue weighted by atomic mass is 9.90. The summed E-state index contributed by atoms with van der Waals surface area (Å²) in [5, 5.41) is 0.794. The molecule has 0 aromatic heterocycles. The molecule has 2 N–H and O–H groups in total. The lowest BCUT2D eigenvalue weighted by Crippen LogP contribution is -2.49. The van der Waals surface area contributed by atoms with Gasteiger partial charge in [0.15, 0.2) is 0 Å². The van der Waals surface area contributed by atoms with E-state index in [1.807, 2.05) is 18.2 Å². The highest BCUT2D eigenvalue weighted by Gasteiger charge is 2.27. The standard InChI is InChI=1S/C16H27ClN2/c1-13(2)8-9-16(3,12-18)19(4)11-14-6-5-7-15(17)10-14/h5-7,10,13H,8-9,11-12,18H2,1-4H3. The molecular formula is C16H27ClN2. The average Bonchev–Trinajstić information content (AvgIpc) is 2.35. The third-order valence-electron chi connectivity index (χ3n) is 3.93. The summed E-state index contributed by atoms with van der Waals surface area (Å²) >= 11 is 6.04. The molecule has 0 saturated heterocycles. The van der Waals surface area contributed by atoms with E-state index in [1.54, 1.807) is 0 Å². The van der Waals surface area contributed by atoms with Crippen LogP contribution < -0.4 is 5.73 Å². The van der Waals surface area contributed by atoms with Gasteiger partial charge in [-0.25, -0.2) is 0 Å². The van der Waals surface area contributed by atoms with Crippen LogP contribution in [0.4, 0.5) is 0 Å². The Kier molecular flexibility index (Phi) is 6.31. The first-order valence-corrected chi connectivity index (χ1v) is 7.41. The molecule has 2 nitrogen and oxygen atoms in total. The van der Waals surface area contributed by atoms with Crippen molar-refractivity contribution in [1.29, 1.82) is 0 Å². The van der Waals surface area contributed by atoms with Crippen molar-refractivity contribution in [2.45, 2.75) is 45.7 Å². The molecule has 0 aliphatic carbocycles. The Bertz CT molecular complexity index is 392. The first kappa shape index (κ1) is 16.5. The lowest BCUT2D eigenvalue weighted by molar-refractivity contribution is 0.119. The van der Waals surface area contributed by atoms with Crippen molar-refractivity contribution in [3.05, 3.63) is 34.9 Å². The fourth-order valence-electron chi connectivity index (χ4n) is 2.15. The van der Waals surface area contributed by atoms with E-state index in [0.29, 0.717) is 12.5 Å². The van der Waals surface area contributed by atoms with Crippen molar-refractivity contribution in [2.24, 2.45) is 11.7 Å². The van der Waals surface area contributed by atoms with Gasteiger partial charge in [0.25, 0.3) is 0 Å². The quantitative estimate of drug-likeness (QED) is 0.821. The maximum atomic E-state index is 6.04. The topological polar surface area (TPSA) is 29.3 Å². The highest BCUT2D eigenvalue weighted by atomic mass is 35.5. The van der Waals surface area contributed by atoms with Crippen LogP contribution in [0.25, 0.3) is 0 Å². The summed E-state index contributed by atoms with van der Waals surface area (Å²) in [5.41, 5.74) is 7.29. The third kappa shape index (κ3) is 5.13. The Morgan fingerprint density at radius 3 is 2.58 bits per heavy atom. The summed E-state index contributed by atoms with van der Waals surface area (Å²) in [4.78, 5) is 2.35. The number of halogens is 1. The van der Waals surface area contributed by atoms with Crippen molar-refractivity contribution in [3.8, 4) is 0 Å². The summed E-state index contributed by atoms with van der Waals surface area (Å²) in [6, 6.07) is 8.05. The molecular weight excluding hydrogens is 256 g/mol. The van der Waals surface area contributed by atoms with Crippen LogP contribution >= 0.6 is 11.6 Å². The summed E-state index contributed by atoms with van der Waals surface area (Å²) < 4.78 is 0. The van der Waals surface area contributed by atoms with Gasteiger partial charge in [0, 0.05) is 23.7 Å². The number of nitrogens with two attached hydrogens (primary N) is 1. The maximum absolute atomic E-state index is 6.04. The fraction of sp³-hybridized carbons (Fsp3) is 0.625. The number of benzene rings is 1. The van der Waals surface area contributed by atoms with Crippen LogP contribution in [0.5, 0.6) is 0 Å². The predicted molar refractivity (Wildman–Crippen MR) is 84.5 cm³/mol. The minimum absolute atomic E-state index is 0.0482. The zero-order valence-electron chi connectivity index (χ0n) is 12.6. The first-order chi connectivity index (χ1) is 8.87. The molecule has 19 heavy (non-hydrogen) atoms. The van der Waals surface area contributed by atoms with E-state index in [9.17, 15) is 0 Å². The number of likely N-dealkylation sites (N-methyl/N-ethyl adjacent to an activating group) is 1. The van der Waals surface area contributed by atoms with E-state index in [2.05, 4.69) is 38.8 Å². The molecule has 0 amide bonds. The highest BCUT2D eigenvalue weighted by molar-refractivity contribution is 6.30. The van der Waals surface area contributed by atoms with Gasteiger partial charge in [-0.3, -0.25) is 4.90 Å². The van der Waals surface area contributed by atoms with Gasteiger partial charge in [-0.15, -0.1) is 0 Å². The second-order valence-electron chi connectivity index (χ2n) is 6.12. The zero-order valence-corrected chi connectivity index (χ0v) is 13.4. The zero-order chi connectivity index (χ0) is 14.5. The molecule has 3 heteroatoms. The van der Waals surface area contributed by atoms with Crippen LogP contribution in [0.15, 0.2) is 24.3 Å². The minimum atomic E-state index is 0.0482. The normalized spacial score (nSPS) is 14.9. The molecule has 1 aromatic rings. The van der Waals surface area contributed by atoms with Gasteiger partial charge in [-0.1, -0.05) is 37.6 Å². The Balaban J connectivity index is 2.70. The lowest BCUT2D eigenvalue weighted by Gasteiger charge is -2.39. The van der Waals surface area contributed by atoms with Gasteiger partial charge in [0.1, 0.15) is 0 Å². The fourth-order valence-corrected chi connectivity index (χ4v) is 2.36. The van der Waals surface area contributed by atoms with Crippen molar-refractivity contribution < 1.29 is 0 Å². The Labute approximate surface area is 122 Å². The number of hydrogen-bond donors (Lipinski definition) is 1. The summed E-state index contributed by atoms with van der Waals surface area (Å²) in [5.74, 6) is 0.713. The van der Waals surface area contributed by atoms with Crippen LogP contribution in [0.1, 0.15) is 39.2 Å². The van der Waals surface area contributed by atoms with Crippen molar-refractivity contribution >= 4 is 11.6 Å². The molecule has 0 bridgehead atoms. The molecule has 0 saturated carbocycles. The molecule has 108 valence electrons. The molecule has 0 aliphatic rings. The van der Waals surface area contributed by atoms with E-state index >= 15 is 0 Å². The molecule has 0 spiro atoms. The summed E-state index contributed by atoms with van der Waals surface area (Å²) in [6.45, 7) is 8.32. The molecule has 1 atom stereocenters. The van der Waals surface area contributed by atoms with Crippen LogP contribution in [-0.2, 0) is 6.54 Å². The van der Waals surface area contributed by atoms with Crippen LogP contribution in [-0.4, -0.2) is 24.0 Å². The maximum Gasteiger partial charge on any atom is 0.0409 e. The Hall–Kier alpha value is -0.570.